The van der Waals surface area contributed by atoms with Gasteiger partial charge in [-0.25, -0.2) is 4.79 Å². The lowest BCUT2D eigenvalue weighted by Crippen LogP contribution is -3.00. The summed E-state index contributed by atoms with van der Waals surface area (Å²) in [5.41, 5.74) is 0.733. The fraction of sp³-hybridized carbons (Fsp3) is 0.188. The Labute approximate surface area is 148 Å². The van der Waals surface area contributed by atoms with Crippen LogP contribution in [0.1, 0.15) is 27.6 Å². The highest BCUT2D eigenvalue weighted by Gasteiger charge is 2.15. The minimum absolute atomic E-state index is 0. The Morgan fingerprint density at radius 3 is 2.17 bits per heavy atom. The van der Waals surface area contributed by atoms with Gasteiger partial charge in [-0.05, 0) is 19.1 Å². The summed E-state index contributed by atoms with van der Waals surface area (Å²) >= 11 is 0. The topological polar surface area (TPSA) is 90.4 Å². The number of hydrogen-bond donors (Lipinski definition) is 0. The van der Waals surface area contributed by atoms with Gasteiger partial charge in [0.1, 0.15) is 0 Å². The van der Waals surface area contributed by atoms with E-state index in [-0.39, 0.29) is 35.0 Å². The summed E-state index contributed by atoms with van der Waals surface area (Å²) in [4.78, 5) is 33.7. The molecule has 0 N–H and O–H groups in total. The van der Waals surface area contributed by atoms with E-state index in [9.17, 15) is 19.7 Å². The molecule has 0 amide bonds. The number of halogens is 1. The molecule has 1 aromatic carbocycles. The molecule has 2 aromatic rings. The molecule has 0 unspecified atom stereocenters. The number of nitro groups is 1. The van der Waals surface area contributed by atoms with Crippen molar-refractivity contribution in [3.63, 3.8) is 0 Å². The second kappa shape index (κ2) is 8.88. The first kappa shape index (κ1) is 19.4. The lowest BCUT2D eigenvalue weighted by molar-refractivity contribution is -0.683. The summed E-state index contributed by atoms with van der Waals surface area (Å²) in [5, 5.41) is 10.6. The van der Waals surface area contributed by atoms with Crippen molar-refractivity contribution in [2.45, 2.75) is 13.5 Å². The summed E-state index contributed by atoms with van der Waals surface area (Å²) < 4.78 is 6.50. The van der Waals surface area contributed by atoms with Gasteiger partial charge in [0.2, 0.25) is 12.3 Å². The minimum Gasteiger partial charge on any atom is -1.00 e. The molecular formula is C16H15BrN2O5. The van der Waals surface area contributed by atoms with Gasteiger partial charge in [0.25, 0.3) is 5.69 Å². The molecule has 0 saturated carbocycles. The Balaban J connectivity index is 0.00000288. The predicted octanol–water partition coefficient (Wildman–Crippen LogP) is -1.05. The number of esters is 1. The number of carbonyl (C=O) groups is 2. The van der Waals surface area contributed by atoms with Crippen LogP contribution in [-0.2, 0) is 11.3 Å². The smallest absolute Gasteiger partial charge is 0.338 e. The molecule has 1 heterocycles. The molecule has 8 heteroatoms. The number of hydrogen-bond acceptors (Lipinski definition) is 5. The van der Waals surface area contributed by atoms with Gasteiger partial charge < -0.3 is 21.7 Å². The third-order valence-corrected chi connectivity index (χ3v) is 3.13. The molecule has 0 aliphatic heterocycles. The van der Waals surface area contributed by atoms with Gasteiger partial charge in [-0.3, -0.25) is 14.9 Å². The molecule has 0 aliphatic rings. The minimum atomic E-state index is -0.517. The normalized spacial score (nSPS) is 9.71. The zero-order chi connectivity index (χ0) is 16.8. The van der Waals surface area contributed by atoms with Crippen LogP contribution in [0.5, 0.6) is 0 Å². The van der Waals surface area contributed by atoms with Gasteiger partial charge in [0.15, 0.2) is 12.4 Å². The molecular weight excluding hydrogens is 380 g/mol. The van der Waals surface area contributed by atoms with Crippen LogP contribution in [0.15, 0.2) is 48.8 Å². The molecule has 0 saturated heterocycles. The van der Waals surface area contributed by atoms with Gasteiger partial charge in [-0.2, -0.15) is 4.57 Å². The van der Waals surface area contributed by atoms with Crippen molar-refractivity contribution in [2.75, 3.05) is 6.61 Å². The lowest BCUT2D eigenvalue weighted by atomic mass is 10.1. The van der Waals surface area contributed by atoms with Gasteiger partial charge in [0.05, 0.1) is 17.1 Å². The van der Waals surface area contributed by atoms with Crippen LogP contribution in [-0.4, -0.2) is 23.3 Å². The molecule has 0 fully saturated rings. The highest BCUT2D eigenvalue weighted by atomic mass is 79.9. The van der Waals surface area contributed by atoms with Crippen molar-refractivity contribution >= 4 is 17.4 Å². The van der Waals surface area contributed by atoms with Crippen molar-refractivity contribution in [1.82, 2.24) is 0 Å². The SMILES string of the molecule is CCOC(=O)c1cc[n+](CC(=O)c2ccc([N+](=O)[O-])cc2)cc1.[Br-]. The maximum absolute atomic E-state index is 12.1. The van der Waals surface area contributed by atoms with E-state index in [0.29, 0.717) is 17.7 Å². The largest absolute Gasteiger partial charge is 1.00 e. The van der Waals surface area contributed by atoms with Gasteiger partial charge in [-0.15, -0.1) is 0 Å². The number of rotatable bonds is 6. The number of ether oxygens (including phenoxy) is 1. The van der Waals surface area contributed by atoms with Crippen LogP contribution in [0, 0.1) is 10.1 Å². The van der Waals surface area contributed by atoms with E-state index < -0.39 is 10.9 Å². The van der Waals surface area contributed by atoms with Crippen molar-refractivity contribution in [3.8, 4) is 0 Å². The van der Waals surface area contributed by atoms with Gasteiger partial charge in [-0.1, -0.05) is 0 Å². The van der Waals surface area contributed by atoms with E-state index >= 15 is 0 Å². The Morgan fingerprint density at radius 1 is 1.08 bits per heavy atom. The maximum atomic E-state index is 12.1. The van der Waals surface area contributed by atoms with Crippen molar-refractivity contribution in [2.24, 2.45) is 0 Å². The fourth-order valence-corrected chi connectivity index (χ4v) is 1.94. The number of pyridine rings is 1. The monoisotopic (exact) mass is 394 g/mol. The Morgan fingerprint density at radius 2 is 1.67 bits per heavy atom. The Bertz CT molecular complexity index is 729. The van der Waals surface area contributed by atoms with E-state index in [0.717, 1.165) is 0 Å². The van der Waals surface area contributed by atoms with E-state index in [1.807, 2.05) is 0 Å². The third kappa shape index (κ3) is 4.95. The molecule has 0 bridgehead atoms. The summed E-state index contributed by atoms with van der Waals surface area (Å²) in [6, 6.07) is 8.58. The van der Waals surface area contributed by atoms with Crippen LogP contribution >= 0.6 is 0 Å². The third-order valence-electron chi connectivity index (χ3n) is 3.13. The number of ketones is 1. The van der Waals surface area contributed by atoms with Crippen molar-refractivity contribution in [1.29, 1.82) is 0 Å². The van der Waals surface area contributed by atoms with E-state index in [4.69, 9.17) is 4.74 Å². The van der Waals surface area contributed by atoms with Crippen LogP contribution in [0.25, 0.3) is 0 Å². The number of non-ortho nitro benzene ring substituents is 1. The van der Waals surface area contributed by atoms with Crippen LogP contribution in [0.2, 0.25) is 0 Å². The first-order valence-electron chi connectivity index (χ1n) is 6.95. The molecule has 0 atom stereocenters. The molecule has 1 aromatic heterocycles. The molecule has 0 spiro atoms. The summed E-state index contributed by atoms with van der Waals surface area (Å²) in [7, 11) is 0. The predicted molar refractivity (Wildman–Crippen MR) is 80.0 cm³/mol. The van der Waals surface area contributed by atoms with Crippen LogP contribution in [0.3, 0.4) is 0 Å². The Hall–Kier alpha value is -2.61. The number of carbonyl (C=O) groups excluding carboxylic acids is 2. The second-order valence-electron chi connectivity index (χ2n) is 4.71. The first-order chi connectivity index (χ1) is 11.0. The molecule has 24 heavy (non-hydrogen) atoms. The highest BCUT2D eigenvalue weighted by Crippen LogP contribution is 2.12. The maximum Gasteiger partial charge on any atom is 0.338 e. The summed E-state index contributed by atoms with van der Waals surface area (Å²) in [5.74, 6) is -0.602. The number of nitrogens with zero attached hydrogens (tertiary/aromatic N) is 2. The highest BCUT2D eigenvalue weighted by molar-refractivity contribution is 5.95. The standard InChI is InChI=1S/C16H15N2O5.BrH/c1-2-23-16(20)13-7-9-17(10-8-13)11-15(19)12-3-5-14(6-4-12)18(21)22;/h3-10H,2,11H2,1H3;1H/q+1;/p-1. The summed E-state index contributed by atoms with van der Waals surface area (Å²) in [6.07, 6.45) is 3.21. The average molecular weight is 395 g/mol. The number of benzene rings is 1. The van der Waals surface area contributed by atoms with Gasteiger partial charge in [0, 0.05) is 29.8 Å². The molecule has 2 rings (SSSR count). The number of aromatic nitrogens is 1. The van der Waals surface area contributed by atoms with E-state index in [1.165, 1.54) is 24.3 Å². The van der Waals surface area contributed by atoms with Gasteiger partial charge >= 0.3 is 5.97 Å². The molecule has 7 nitrogen and oxygen atoms in total. The first-order valence-corrected chi connectivity index (χ1v) is 6.95. The molecule has 0 aliphatic carbocycles. The van der Waals surface area contributed by atoms with Crippen LogP contribution in [0.4, 0.5) is 5.69 Å². The molecule has 126 valence electrons. The van der Waals surface area contributed by atoms with Crippen molar-refractivity contribution in [3.05, 3.63) is 70.0 Å². The van der Waals surface area contributed by atoms with Crippen molar-refractivity contribution < 1.29 is 40.8 Å². The van der Waals surface area contributed by atoms with Crippen LogP contribution < -0.4 is 21.5 Å². The van der Waals surface area contributed by atoms with E-state index in [1.54, 1.807) is 36.0 Å². The number of nitro benzene ring substituents is 1. The molecule has 0 radical (unpaired) electrons. The second-order valence-corrected chi connectivity index (χ2v) is 4.71. The average Bonchev–Trinajstić information content (AvgIpc) is 2.55. The lowest BCUT2D eigenvalue weighted by Gasteiger charge is -2.01. The van der Waals surface area contributed by atoms with E-state index in [2.05, 4.69) is 0 Å². The quantitative estimate of drug-likeness (QED) is 0.205. The fourth-order valence-electron chi connectivity index (χ4n) is 1.94. The Kier molecular flexibility index (Phi) is 7.19. The number of Topliss-reactive ketones (excluding diaryl/α,β-unsaturated/α-hetero) is 1. The summed E-state index contributed by atoms with van der Waals surface area (Å²) in [6.45, 7) is 2.09. The zero-order valence-corrected chi connectivity index (χ0v) is 14.4. The zero-order valence-electron chi connectivity index (χ0n) is 12.8.